The highest BCUT2D eigenvalue weighted by atomic mass is 19.1. The molecule has 2 aliphatic rings. The Kier molecular flexibility index (Phi) is 3.72. The number of piperidine rings is 1. The van der Waals surface area contributed by atoms with Gasteiger partial charge in [-0.05, 0) is 68.7 Å². The molecule has 1 aliphatic carbocycles. The minimum atomic E-state index is -0.138. The normalized spacial score (nSPS) is 27.5. The van der Waals surface area contributed by atoms with Crippen LogP contribution in [0.15, 0.2) is 12.1 Å². The van der Waals surface area contributed by atoms with Crippen LogP contribution in [0.25, 0.3) is 0 Å². The van der Waals surface area contributed by atoms with Gasteiger partial charge in [-0.3, -0.25) is 0 Å². The van der Waals surface area contributed by atoms with E-state index in [9.17, 15) is 4.39 Å². The van der Waals surface area contributed by atoms with E-state index in [0.29, 0.717) is 6.04 Å². The number of nitrogens with two attached hydrogens (primary N) is 1. The molecule has 0 radical (unpaired) electrons. The highest BCUT2D eigenvalue weighted by Gasteiger charge is 2.36. The van der Waals surface area contributed by atoms with Gasteiger partial charge in [0.2, 0.25) is 0 Å². The number of rotatable bonds is 2. The van der Waals surface area contributed by atoms with Crippen molar-refractivity contribution in [3.05, 3.63) is 29.1 Å². The summed E-state index contributed by atoms with van der Waals surface area (Å²) in [5.41, 5.74) is 8.95. The maximum atomic E-state index is 13.9. The van der Waals surface area contributed by atoms with Crippen LogP contribution in [0.2, 0.25) is 0 Å². The van der Waals surface area contributed by atoms with Crippen LogP contribution in [-0.2, 0) is 0 Å². The topological polar surface area (TPSA) is 29.3 Å². The lowest BCUT2D eigenvalue weighted by molar-refractivity contribution is 0.361. The third-order valence-corrected chi connectivity index (χ3v) is 5.10. The summed E-state index contributed by atoms with van der Waals surface area (Å²) < 4.78 is 13.9. The molecule has 0 aromatic heterocycles. The number of fused-ring (bicyclic) bond motifs is 1. The Balaban J connectivity index is 2.01. The first kappa shape index (κ1) is 13.9. The predicted molar refractivity (Wildman–Crippen MR) is 81.4 cm³/mol. The van der Waals surface area contributed by atoms with Gasteiger partial charge < -0.3 is 10.6 Å². The van der Waals surface area contributed by atoms with Crippen molar-refractivity contribution in [2.45, 2.75) is 58.0 Å². The Morgan fingerprint density at radius 2 is 2.00 bits per heavy atom. The van der Waals surface area contributed by atoms with Crippen LogP contribution in [-0.4, -0.2) is 12.6 Å². The molecule has 0 amide bonds. The summed E-state index contributed by atoms with van der Waals surface area (Å²) in [4.78, 5) is 2.52. The quantitative estimate of drug-likeness (QED) is 0.887. The zero-order valence-electron chi connectivity index (χ0n) is 12.5. The molecule has 1 saturated carbocycles. The maximum Gasteiger partial charge on any atom is 0.126 e. The van der Waals surface area contributed by atoms with Crippen molar-refractivity contribution in [1.82, 2.24) is 0 Å². The molecule has 1 aromatic rings. The fraction of sp³-hybridized carbons (Fsp3) is 0.647. The Morgan fingerprint density at radius 3 is 2.75 bits per heavy atom. The molecule has 1 saturated heterocycles. The molecule has 2 N–H and O–H groups in total. The van der Waals surface area contributed by atoms with Crippen molar-refractivity contribution in [3.63, 3.8) is 0 Å². The van der Waals surface area contributed by atoms with Crippen molar-refractivity contribution >= 4 is 5.69 Å². The number of halogens is 1. The standard InChI is InChI=1S/C17H25FN2/c1-11-9-17(14(12(2)19)10-15(11)18)20-8-4-6-13-5-3-7-16(13)20/h9-10,12-13,16H,3-8,19H2,1-2H3. The predicted octanol–water partition coefficient (Wildman–Crippen LogP) is 3.92. The molecule has 3 atom stereocenters. The third kappa shape index (κ3) is 2.32. The van der Waals surface area contributed by atoms with Crippen molar-refractivity contribution in [2.24, 2.45) is 11.7 Å². The molecule has 3 heteroatoms. The van der Waals surface area contributed by atoms with E-state index in [1.807, 2.05) is 19.9 Å². The minimum absolute atomic E-state index is 0.123. The molecule has 1 aromatic carbocycles. The van der Waals surface area contributed by atoms with Crippen molar-refractivity contribution in [3.8, 4) is 0 Å². The van der Waals surface area contributed by atoms with Crippen LogP contribution in [0.3, 0.4) is 0 Å². The smallest absolute Gasteiger partial charge is 0.126 e. The highest BCUT2D eigenvalue weighted by Crippen LogP contribution is 2.41. The van der Waals surface area contributed by atoms with Gasteiger partial charge in [-0.25, -0.2) is 4.39 Å². The van der Waals surface area contributed by atoms with Crippen LogP contribution < -0.4 is 10.6 Å². The number of hydrogen-bond acceptors (Lipinski definition) is 2. The summed E-state index contributed by atoms with van der Waals surface area (Å²) in [6, 6.07) is 4.18. The van der Waals surface area contributed by atoms with E-state index in [0.717, 1.165) is 23.6 Å². The van der Waals surface area contributed by atoms with Gasteiger partial charge in [0.15, 0.2) is 0 Å². The fourth-order valence-corrected chi connectivity index (χ4v) is 4.05. The lowest BCUT2D eigenvalue weighted by Gasteiger charge is -2.41. The average molecular weight is 276 g/mol. The van der Waals surface area contributed by atoms with Gasteiger partial charge in [-0.2, -0.15) is 0 Å². The van der Waals surface area contributed by atoms with Crippen molar-refractivity contribution in [1.29, 1.82) is 0 Å². The second-order valence-corrected chi connectivity index (χ2v) is 6.54. The fourth-order valence-electron chi connectivity index (χ4n) is 4.05. The van der Waals surface area contributed by atoms with E-state index in [1.54, 1.807) is 6.07 Å². The van der Waals surface area contributed by atoms with Crippen molar-refractivity contribution in [2.75, 3.05) is 11.4 Å². The lowest BCUT2D eigenvalue weighted by atomic mass is 9.90. The van der Waals surface area contributed by atoms with E-state index >= 15 is 0 Å². The number of benzene rings is 1. The molecule has 1 heterocycles. The number of nitrogens with zero attached hydrogens (tertiary/aromatic N) is 1. The summed E-state index contributed by atoms with van der Waals surface area (Å²) in [5, 5.41) is 0. The Morgan fingerprint density at radius 1 is 1.25 bits per heavy atom. The molecule has 1 aliphatic heterocycles. The SMILES string of the molecule is Cc1cc(N2CCCC3CCCC32)c(C(C)N)cc1F. The van der Waals surface area contributed by atoms with Gasteiger partial charge in [-0.1, -0.05) is 6.42 Å². The second-order valence-electron chi connectivity index (χ2n) is 6.54. The van der Waals surface area contributed by atoms with E-state index in [2.05, 4.69) is 4.90 Å². The first-order valence-corrected chi connectivity index (χ1v) is 7.90. The molecule has 2 nitrogen and oxygen atoms in total. The molecular formula is C17H25FN2. The number of anilines is 1. The Labute approximate surface area is 121 Å². The van der Waals surface area contributed by atoms with E-state index in [4.69, 9.17) is 5.73 Å². The van der Waals surface area contributed by atoms with E-state index in [1.165, 1.54) is 37.8 Å². The average Bonchev–Trinajstić information content (AvgIpc) is 2.89. The first-order valence-electron chi connectivity index (χ1n) is 7.90. The van der Waals surface area contributed by atoms with Gasteiger partial charge in [-0.15, -0.1) is 0 Å². The van der Waals surface area contributed by atoms with Crippen LogP contribution in [0, 0.1) is 18.7 Å². The van der Waals surface area contributed by atoms with E-state index in [-0.39, 0.29) is 11.9 Å². The monoisotopic (exact) mass is 276 g/mol. The number of aryl methyl sites for hydroxylation is 1. The zero-order valence-corrected chi connectivity index (χ0v) is 12.5. The maximum absolute atomic E-state index is 13.9. The molecule has 20 heavy (non-hydrogen) atoms. The molecule has 3 unspecified atom stereocenters. The van der Waals surface area contributed by atoms with Gasteiger partial charge in [0, 0.05) is 24.3 Å². The molecule has 110 valence electrons. The summed E-state index contributed by atoms with van der Waals surface area (Å²) in [6.07, 6.45) is 6.57. The Bertz CT molecular complexity index is 498. The van der Waals surface area contributed by atoms with Gasteiger partial charge in [0.25, 0.3) is 0 Å². The second kappa shape index (κ2) is 5.36. The van der Waals surface area contributed by atoms with Crippen LogP contribution in [0.1, 0.15) is 56.2 Å². The van der Waals surface area contributed by atoms with Gasteiger partial charge in [0.05, 0.1) is 0 Å². The van der Waals surface area contributed by atoms with Crippen molar-refractivity contribution < 1.29 is 4.39 Å². The summed E-state index contributed by atoms with van der Waals surface area (Å²) in [5.74, 6) is 0.691. The van der Waals surface area contributed by atoms with Crippen LogP contribution in [0.4, 0.5) is 10.1 Å². The Hall–Kier alpha value is -1.09. The van der Waals surface area contributed by atoms with Gasteiger partial charge in [0.1, 0.15) is 5.82 Å². The summed E-state index contributed by atoms with van der Waals surface area (Å²) >= 11 is 0. The third-order valence-electron chi connectivity index (χ3n) is 5.10. The number of hydrogen-bond donors (Lipinski definition) is 1. The molecule has 2 fully saturated rings. The van der Waals surface area contributed by atoms with Gasteiger partial charge >= 0.3 is 0 Å². The highest BCUT2D eigenvalue weighted by molar-refractivity contribution is 5.58. The van der Waals surface area contributed by atoms with Crippen LogP contribution in [0.5, 0.6) is 0 Å². The zero-order chi connectivity index (χ0) is 14.3. The summed E-state index contributed by atoms with van der Waals surface area (Å²) in [6.45, 7) is 4.88. The lowest BCUT2D eigenvalue weighted by Crippen LogP contribution is -2.43. The largest absolute Gasteiger partial charge is 0.368 e. The van der Waals surface area contributed by atoms with Crippen LogP contribution >= 0.6 is 0 Å². The van der Waals surface area contributed by atoms with E-state index < -0.39 is 0 Å². The molecule has 3 rings (SSSR count). The minimum Gasteiger partial charge on any atom is -0.368 e. The molecule has 0 bridgehead atoms. The molecular weight excluding hydrogens is 251 g/mol. The first-order chi connectivity index (χ1) is 9.58. The molecule has 0 spiro atoms. The summed E-state index contributed by atoms with van der Waals surface area (Å²) in [7, 11) is 0.